The van der Waals surface area contributed by atoms with E-state index in [1.165, 1.54) is 0 Å². The van der Waals surface area contributed by atoms with Crippen LogP contribution in [0.15, 0.2) is 24.3 Å². The summed E-state index contributed by atoms with van der Waals surface area (Å²) < 4.78 is 1.75. The predicted molar refractivity (Wildman–Crippen MR) is 92.3 cm³/mol. The molecule has 0 bridgehead atoms. The molecule has 0 amide bonds. The fourth-order valence-electron chi connectivity index (χ4n) is 3.05. The number of aliphatic hydroxyl groups excluding tert-OH is 1. The van der Waals surface area contributed by atoms with E-state index < -0.39 is 12.1 Å². The van der Waals surface area contributed by atoms with E-state index in [1.54, 1.807) is 28.9 Å². The summed E-state index contributed by atoms with van der Waals surface area (Å²) in [5.41, 5.74) is 6.98. The number of benzene rings is 1. The molecule has 1 saturated carbocycles. The molecule has 26 heavy (non-hydrogen) atoms. The van der Waals surface area contributed by atoms with Crippen LogP contribution in [0.2, 0.25) is 0 Å². The van der Waals surface area contributed by atoms with Gasteiger partial charge in [0.1, 0.15) is 11.6 Å². The first kappa shape index (κ1) is 19.5. The molecule has 0 spiro atoms. The number of nitrogens with zero attached hydrogens (tertiary/aromatic N) is 3. The van der Waals surface area contributed by atoms with Crippen LogP contribution in [-0.4, -0.2) is 54.7 Å². The number of carboxylic acids is 1. The van der Waals surface area contributed by atoms with Crippen LogP contribution in [0.3, 0.4) is 0 Å². The van der Waals surface area contributed by atoms with Gasteiger partial charge in [0.25, 0.3) is 6.47 Å². The molecule has 2 aromatic rings. The van der Waals surface area contributed by atoms with E-state index in [1.807, 2.05) is 6.92 Å². The van der Waals surface area contributed by atoms with Crippen molar-refractivity contribution in [2.75, 3.05) is 0 Å². The summed E-state index contributed by atoms with van der Waals surface area (Å²) in [6.45, 7) is 1.57. The number of rotatable bonds is 3. The summed E-state index contributed by atoms with van der Waals surface area (Å²) in [5, 5.41) is 30.1. The molecule has 1 heterocycles. The SMILES string of the molecule is Cc1nc([C@H]2CC[C@@H](O)[C@H](N)C2)n(-c2ccc(C(=O)O)cc2)n1.O=CO. The number of aryl methyl sites for hydroxylation is 1. The molecule has 3 atom stereocenters. The molecule has 5 N–H and O–H groups in total. The van der Waals surface area contributed by atoms with Gasteiger partial charge in [-0.3, -0.25) is 4.79 Å². The molecular formula is C17H22N4O5. The summed E-state index contributed by atoms with van der Waals surface area (Å²) in [6, 6.07) is 6.29. The third-order valence-corrected chi connectivity index (χ3v) is 4.32. The van der Waals surface area contributed by atoms with Gasteiger partial charge in [0, 0.05) is 12.0 Å². The standard InChI is InChI=1S/C16H20N4O3.CH2O2/c1-9-18-15(11-4-7-14(21)13(17)8-11)20(19-9)12-5-2-10(3-6-12)16(22)23;2-1-3/h2-3,5-6,11,13-14,21H,4,7-8,17H2,1H3,(H,22,23);1H,(H,2,3)/t11-,13+,14+;/m0./s1. The highest BCUT2D eigenvalue weighted by atomic mass is 16.4. The average Bonchev–Trinajstić information content (AvgIpc) is 3.00. The van der Waals surface area contributed by atoms with Crippen LogP contribution >= 0.6 is 0 Å². The van der Waals surface area contributed by atoms with Gasteiger partial charge < -0.3 is 21.1 Å². The second-order valence-corrected chi connectivity index (χ2v) is 6.13. The molecule has 3 rings (SSSR count). The summed E-state index contributed by atoms with van der Waals surface area (Å²) >= 11 is 0. The van der Waals surface area contributed by atoms with Crippen molar-refractivity contribution < 1.29 is 24.9 Å². The smallest absolute Gasteiger partial charge is 0.335 e. The number of carbonyl (C=O) groups is 2. The van der Waals surface area contributed by atoms with E-state index >= 15 is 0 Å². The van der Waals surface area contributed by atoms with Gasteiger partial charge in [0.15, 0.2) is 0 Å². The van der Waals surface area contributed by atoms with E-state index in [4.69, 9.17) is 20.7 Å². The molecule has 0 radical (unpaired) electrons. The second kappa shape index (κ2) is 8.54. The third-order valence-electron chi connectivity index (χ3n) is 4.32. The number of aliphatic hydroxyl groups is 1. The Morgan fingerprint density at radius 3 is 2.46 bits per heavy atom. The molecule has 0 unspecified atom stereocenters. The zero-order valence-corrected chi connectivity index (χ0v) is 14.3. The van der Waals surface area contributed by atoms with E-state index in [0.29, 0.717) is 18.7 Å². The Bertz CT molecular complexity index is 759. The van der Waals surface area contributed by atoms with Crippen molar-refractivity contribution in [3.63, 3.8) is 0 Å². The van der Waals surface area contributed by atoms with Gasteiger partial charge in [-0.05, 0) is 50.5 Å². The van der Waals surface area contributed by atoms with Crippen molar-refractivity contribution in [2.24, 2.45) is 5.73 Å². The zero-order chi connectivity index (χ0) is 19.3. The van der Waals surface area contributed by atoms with Crippen LogP contribution < -0.4 is 5.73 Å². The molecular weight excluding hydrogens is 340 g/mol. The lowest BCUT2D eigenvalue weighted by Crippen LogP contribution is -2.40. The van der Waals surface area contributed by atoms with Crippen LogP contribution in [0.4, 0.5) is 0 Å². The minimum absolute atomic E-state index is 0.133. The number of nitrogens with two attached hydrogens (primary N) is 1. The number of hydrogen-bond acceptors (Lipinski definition) is 6. The Morgan fingerprint density at radius 2 is 1.92 bits per heavy atom. The van der Waals surface area contributed by atoms with E-state index in [-0.39, 0.29) is 24.0 Å². The zero-order valence-electron chi connectivity index (χ0n) is 14.3. The normalized spacial score (nSPS) is 22.2. The van der Waals surface area contributed by atoms with Crippen LogP contribution in [0, 0.1) is 6.92 Å². The molecule has 1 aromatic carbocycles. The fraction of sp³-hybridized carbons (Fsp3) is 0.412. The van der Waals surface area contributed by atoms with Crippen molar-refractivity contribution in [3.8, 4) is 5.69 Å². The first-order valence-corrected chi connectivity index (χ1v) is 8.16. The molecule has 9 nitrogen and oxygen atoms in total. The molecule has 1 aliphatic carbocycles. The Labute approximate surface area is 150 Å². The summed E-state index contributed by atoms with van der Waals surface area (Å²) in [6.07, 6.45) is 1.65. The van der Waals surface area contributed by atoms with Crippen LogP contribution in [0.5, 0.6) is 0 Å². The lowest BCUT2D eigenvalue weighted by atomic mass is 9.83. The van der Waals surface area contributed by atoms with Gasteiger partial charge >= 0.3 is 5.97 Å². The molecule has 1 aromatic heterocycles. The van der Waals surface area contributed by atoms with Crippen LogP contribution in [0.1, 0.15) is 47.2 Å². The highest BCUT2D eigenvalue weighted by Gasteiger charge is 2.30. The van der Waals surface area contributed by atoms with Crippen molar-refractivity contribution in [1.82, 2.24) is 14.8 Å². The molecule has 9 heteroatoms. The maximum Gasteiger partial charge on any atom is 0.335 e. The maximum absolute atomic E-state index is 11.0. The molecule has 140 valence electrons. The number of hydrogen-bond donors (Lipinski definition) is 4. The van der Waals surface area contributed by atoms with E-state index in [0.717, 1.165) is 17.9 Å². The fourth-order valence-corrected chi connectivity index (χ4v) is 3.05. The number of aromatic nitrogens is 3. The van der Waals surface area contributed by atoms with Crippen molar-refractivity contribution in [1.29, 1.82) is 0 Å². The quantitative estimate of drug-likeness (QED) is 0.589. The summed E-state index contributed by atoms with van der Waals surface area (Å²) in [7, 11) is 0. The molecule has 1 aliphatic rings. The topological polar surface area (TPSA) is 152 Å². The van der Waals surface area contributed by atoms with Gasteiger partial charge in [-0.1, -0.05) is 0 Å². The van der Waals surface area contributed by atoms with Gasteiger partial charge in [-0.25, -0.2) is 14.5 Å². The minimum Gasteiger partial charge on any atom is -0.483 e. The Kier molecular flexibility index (Phi) is 6.42. The van der Waals surface area contributed by atoms with Gasteiger partial charge in [-0.15, -0.1) is 0 Å². The van der Waals surface area contributed by atoms with Crippen LogP contribution in [-0.2, 0) is 4.79 Å². The summed E-state index contributed by atoms with van der Waals surface area (Å²) in [5.74, 6) is 0.641. The van der Waals surface area contributed by atoms with Gasteiger partial charge in [-0.2, -0.15) is 5.10 Å². The second-order valence-electron chi connectivity index (χ2n) is 6.13. The molecule has 1 fully saturated rings. The minimum atomic E-state index is -0.959. The third kappa shape index (κ3) is 4.44. The van der Waals surface area contributed by atoms with Crippen molar-refractivity contribution >= 4 is 12.4 Å². The van der Waals surface area contributed by atoms with E-state index in [2.05, 4.69) is 10.1 Å². The van der Waals surface area contributed by atoms with Crippen LogP contribution in [0.25, 0.3) is 5.69 Å². The summed E-state index contributed by atoms with van der Waals surface area (Å²) in [4.78, 5) is 23.8. The van der Waals surface area contributed by atoms with Crippen molar-refractivity contribution in [2.45, 2.75) is 44.2 Å². The largest absolute Gasteiger partial charge is 0.483 e. The first-order valence-electron chi connectivity index (χ1n) is 8.16. The number of aromatic carboxylic acids is 1. The average molecular weight is 362 g/mol. The highest BCUT2D eigenvalue weighted by molar-refractivity contribution is 5.87. The maximum atomic E-state index is 11.0. The Hall–Kier alpha value is -2.78. The number of carboxylic acid groups (broad SMARTS) is 2. The Balaban J connectivity index is 0.000000758. The molecule has 0 saturated heterocycles. The first-order chi connectivity index (χ1) is 12.4. The van der Waals surface area contributed by atoms with Gasteiger partial charge in [0.2, 0.25) is 0 Å². The molecule has 0 aliphatic heterocycles. The van der Waals surface area contributed by atoms with Crippen molar-refractivity contribution in [3.05, 3.63) is 41.5 Å². The lowest BCUT2D eigenvalue weighted by molar-refractivity contribution is -0.122. The predicted octanol–water partition coefficient (Wildman–Crippen LogP) is 0.930. The van der Waals surface area contributed by atoms with E-state index in [9.17, 15) is 9.90 Å². The monoisotopic (exact) mass is 362 g/mol. The highest BCUT2D eigenvalue weighted by Crippen LogP contribution is 2.32. The Morgan fingerprint density at radius 1 is 1.31 bits per heavy atom. The van der Waals surface area contributed by atoms with Gasteiger partial charge in [0.05, 0.1) is 17.4 Å². The lowest BCUT2D eigenvalue weighted by Gasteiger charge is -2.30.